The second kappa shape index (κ2) is 10.7. The van der Waals surface area contributed by atoms with Crippen LogP contribution in [0.25, 0.3) is 0 Å². The van der Waals surface area contributed by atoms with E-state index < -0.39 is 11.7 Å². The Balaban J connectivity index is 1.52. The third kappa shape index (κ3) is 6.40. The first-order valence-electron chi connectivity index (χ1n) is 9.54. The zero-order valence-corrected chi connectivity index (χ0v) is 17.7. The van der Waals surface area contributed by atoms with Crippen LogP contribution in [0.1, 0.15) is 22.3 Å². The number of carbonyl (C=O) groups excluding carboxylic acids is 2. The van der Waals surface area contributed by atoms with Crippen LogP contribution in [0.3, 0.4) is 0 Å². The molecule has 1 saturated heterocycles. The second-order valence-corrected chi connectivity index (χ2v) is 7.70. The molecular formula is C21H22Cl2FN3O3. The lowest BCUT2D eigenvalue weighted by Gasteiger charge is -2.26. The highest BCUT2D eigenvalue weighted by molar-refractivity contribution is 6.36. The summed E-state index contributed by atoms with van der Waals surface area (Å²) in [6, 6.07) is 9.35. The molecule has 0 bridgehead atoms. The van der Waals surface area contributed by atoms with Crippen molar-refractivity contribution in [1.29, 1.82) is 0 Å². The van der Waals surface area contributed by atoms with Crippen LogP contribution in [0.2, 0.25) is 10.0 Å². The molecule has 0 unspecified atom stereocenters. The van der Waals surface area contributed by atoms with Gasteiger partial charge in [-0.05, 0) is 29.8 Å². The number of amides is 2. The molecule has 2 N–H and O–H groups in total. The van der Waals surface area contributed by atoms with E-state index in [1.807, 2.05) is 6.07 Å². The molecule has 160 valence electrons. The first-order chi connectivity index (χ1) is 14.4. The van der Waals surface area contributed by atoms with Gasteiger partial charge < -0.3 is 15.4 Å². The molecule has 2 aromatic rings. The standard InChI is InChI=1S/C21H22Cl2FN3O3/c22-17-12-18(23)19(24)11-16(17)21(29)25-13-14-2-1-3-15(10-14)26-20(28)4-5-27-6-8-30-9-7-27/h1-3,10-12H,4-9,13H2,(H,25,29)(H,26,28). The van der Waals surface area contributed by atoms with Crippen LogP contribution in [0.4, 0.5) is 10.1 Å². The van der Waals surface area contributed by atoms with Gasteiger partial charge in [-0.1, -0.05) is 35.3 Å². The first kappa shape index (κ1) is 22.5. The van der Waals surface area contributed by atoms with E-state index in [0.29, 0.717) is 31.9 Å². The number of rotatable bonds is 7. The number of benzene rings is 2. The normalized spacial score (nSPS) is 14.4. The molecule has 9 heteroatoms. The number of ether oxygens (including phenoxy) is 1. The SMILES string of the molecule is O=C(CCN1CCOCC1)Nc1cccc(CNC(=O)c2cc(F)c(Cl)cc2Cl)c1. The summed E-state index contributed by atoms with van der Waals surface area (Å²) >= 11 is 11.6. The summed E-state index contributed by atoms with van der Waals surface area (Å²) in [4.78, 5) is 26.7. The molecule has 0 aliphatic carbocycles. The first-order valence-corrected chi connectivity index (χ1v) is 10.3. The number of hydrogen-bond donors (Lipinski definition) is 2. The van der Waals surface area contributed by atoms with Gasteiger partial charge in [-0.25, -0.2) is 4.39 Å². The molecule has 0 saturated carbocycles. The van der Waals surface area contributed by atoms with Crippen molar-refractivity contribution in [3.05, 3.63) is 63.4 Å². The van der Waals surface area contributed by atoms with E-state index in [1.54, 1.807) is 18.2 Å². The summed E-state index contributed by atoms with van der Waals surface area (Å²) in [5.74, 6) is -1.31. The highest BCUT2D eigenvalue weighted by Crippen LogP contribution is 2.24. The molecule has 3 rings (SSSR count). The number of halogens is 3. The van der Waals surface area contributed by atoms with Gasteiger partial charge in [0, 0.05) is 38.3 Å². The summed E-state index contributed by atoms with van der Waals surface area (Å²) in [7, 11) is 0. The topological polar surface area (TPSA) is 70.7 Å². The van der Waals surface area contributed by atoms with E-state index in [4.69, 9.17) is 27.9 Å². The Kier molecular flexibility index (Phi) is 8.04. The molecule has 0 atom stereocenters. The molecule has 0 aromatic heterocycles. The van der Waals surface area contributed by atoms with Crippen LogP contribution in [-0.4, -0.2) is 49.6 Å². The molecule has 2 aromatic carbocycles. The average Bonchev–Trinajstić information content (AvgIpc) is 2.74. The van der Waals surface area contributed by atoms with Gasteiger partial charge >= 0.3 is 0 Å². The van der Waals surface area contributed by atoms with Crippen molar-refractivity contribution >= 4 is 40.7 Å². The van der Waals surface area contributed by atoms with Gasteiger partial charge in [0.05, 0.1) is 28.8 Å². The second-order valence-electron chi connectivity index (χ2n) is 6.88. The minimum atomic E-state index is -0.715. The fourth-order valence-corrected chi connectivity index (χ4v) is 3.51. The van der Waals surface area contributed by atoms with E-state index in [1.165, 1.54) is 6.07 Å². The lowest BCUT2D eigenvalue weighted by Crippen LogP contribution is -2.38. The van der Waals surface area contributed by atoms with Crippen LogP contribution in [-0.2, 0) is 16.1 Å². The number of carbonyl (C=O) groups is 2. The van der Waals surface area contributed by atoms with Crippen molar-refractivity contribution in [1.82, 2.24) is 10.2 Å². The van der Waals surface area contributed by atoms with Gasteiger partial charge in [0.25, 0.3) is 5.91 Å². The maximum absolute atomic E-state index is 13.6. The zero-order chi connectivity index (χ0) is 21.5. The van der Waals surface area contributed by atoms with Crippen LogP contribution in [0, 0.1) is 5.82 Å². The third-order valence-corrected chi connectivity index (χ3v) is 5.28. The Hall–Kier alpha value is -2.19. The van der Waals surface area contributed by atoms with Crippen molar-refractivity contribution < 1.29 is 18.7 Å². The van der Waals surface area contributed by atoms with Crippen molar-refractivity contribution in [2.24, 2.45) is 0 Å². The summed E-state index contributed by atoms with van der Waals surface area (Å²) in [6.07, 6.45) is 0.390. The van der Waals surface area contributed by atoms with E-state index in [0.717, 1.165) is 24.7 Å². The molecule has 30 heavy (non-hydrogen) atoms. The molecular weight excluding hydrogens is 432 g/mol. The minimum absolute atomic E-state index is 0.00568. The maximum atomic E-state index is 13.6. The number of morpholine rings is 1. The molecule has 0 radical (unpaired) electrons. The van der Waals surface area contributed by atoms with E-state index in [2.05, 4.69) is 15.5 Å². The monoisotopic (exact) mass is 453 g/mol. The Morgan fingerprint density at radius 3 is 2.63 bits per heavy atom. The average molecular weight is 454 g/mol. The number of nitrogens with zero attached hydrogens (tertiary/aromatic N) is 1. The highest BCUT2D eigenvalue weighted by atomic mass is 35.5. The summed E-state index contributed by atoms with van der Waals surface area (Å²) in [5, 5.41) is 5.48. The fraction of sp³-hybridized carbons (Fsp3) is 0.333. The van der Waals surface area contributed by atoms with Gasteiger partial charge in [-0.15, -0.1) is 0 Å². The molecule has 1 aliphatic heterocycles. The Morgan fingerprint density at radius 2 is 1.87 bits per heavy atom. The molecule has 1 heterocycles. The summed E-state index contributed by atoms with van der Waals surface area (Å²) in [6.45, 7) is 3.95. The molecule has 6 nitrogen and oxygen atoms in total. The van der Waals surface area contributed by atoms with Crippen molar-refractivity contribution in [2.75, 3.05) is 38.2 Å². The number of anilines is 1. The van der Waals surface area contributed by atoms with Crippen LogP contribution in [0.15, 0.2) is 36.4 Å². The lowest BCUT2D eigenvalue weighted by molar-refractivity contribution is -0.116. The number of hydrogen-bond acceptors (Lipinski definition) is 4. The predicted octanol–water partition coefficient (Wildman–Crippen LogP) is 3.72. The quantitative estimate of drug-likeness (QED) is 0.626. The van der Waals surface area contributed by atoms with Gasteiger partial charge in [0.2, 0.25) is 5.91 Å². The Morgan fingerprint density at radius 1 is 1.10 bits per heavy atom. The van der Waals surface area contributed by atoms with E-state index >= 15 is 0 Å². The van der Waals surface area contributed by atoms with Crippen molar-refractivity contribution in [2.45, 2.75) is 13.0 Å². The van der Waals surface area contributed by atoms with Crippen LogP contribution < -0.4 is 10.6 Å². The predicted molar refractivity (Wildman–Crippen MR) is 115 cm³/mol. The molecule has 0 spiro atoms. The van der Waals surface area contributed by atoms with Crippen LogP contribution in [0.5, 0.6) is 0 Å². The largest absolute Gasteiger partial charge is 0.379 e. The highest BCUT2D eigenvalue weighted by Gasteiger charge is 2.15. The van der Waals surface area contributed by atoms with Crippen molar-refractivity contribution in [3.8, 4) is 0 Å². The smallest absolute Gasteiger partial charge is 0.253 e. The summed E-state index contributed by atoms with van der Waals surface area (Å²) < 4.78 is 18.9. The zero-order valence-electron chi connectivity index (χ0n) is 16.2. The third-order valence-electron chi connectivity index (χ3n) is 4.68. The van der Waals surface area contributed by atoms with Gasteiger partial charge in [0.1, 0.15) is 5.82 Å². The fourth-order valence-electron chi connectivity index (χ4n) is 3.04. The Bertz CT molecular complexity index is 920. The van der Waals surface area contributed by atoms with E-state index in [9.17, 15) is 14.0 Å². The molecule has 1 fully saturated rings. The minimum Gasteiger partial charge on any atom is -0.379 e. The van der Waals surface area contributed by atoms with Gasteiger partial charge in [-0.2, -0.15) is 0 Å². The van der Waals surface area contributed by atoms with Gasteiger partial charge in [-0.3, -0.25) is 14.5 Å². The van der Waals surface area contributed by atoms with Gasteiger partial charge in [0.15, 0.2) is 0 Å². The van der Waals surface area contributed by atoms with Crippen molar-refractivity contribution in [3.63, 3.8) is 0 Å². The molecule has 2 amide bonds. The number of nitrogens with one attached hydrogen (secondary N) is 2. The van der Waals surface area contributed by atoms with E-state index in [-0.39, 0.29) is 28.1 Å². The maximum Gasteiger partial charge on any atom is 0.253 e. The molecule has 1 aliphatic rings. The van der Waals surface area contributed by atoms with Crippen LogP contribution >= 0.6 is 23.2 Å². The Labute approximate surface area is 184 Å². The lowest BCUT2D eigenvalue weighted by atomic mass is 10.1. The summed E-state index contributed by atoms with van der Waals surface area (Å²) in [5.41, 5.74) is 1.43.